The average molecular weight is 447 g/mol. The molecule has 0 atom stereocenters. The monoisotopic (exact) mass is 446 g/mol. The van der Waals surface area contributed by atoms with E-state index in [1.54, 1.807) is 19.5 Å². The van der Waals surface area contributed by atoms with Crippen molar-refractivity contribution in [2.45, 2.75) is 13.8 Å². The van der Waals surface area contributed by atoms with Crippen LogP contribution in [0.1, 0.15) is 11.1 Å². The molecule has 0 saturated heterocycles. The van der Waals surface area contributed by atoms with E-state index in [9.17, 15) is 10.2 Å². The Labute approximate surface area is 195 Å². The number of hydrogen-bond donors (Lipinski definition) is 2. The van der Waals surface area contributed by atoms with Crippen molar-refractivity contribution in [2.24, 2.45) is 0 Å². The van der Waals surface area contributed by atoms with Crippen molar-refractivity contribution in [1.82, 2.24) is 9.97 Å². The number of benzene rings is 4. The molecule has 2 N–H and O–H groups in total. The van der Waals surface area contributed by atoms with E-state index in [1.165, 1.54) is 0 Å². The van der Waals surface area contributed by atoms with E-state index >= 15 is 0 Å². The van der Waals surface area contributed by atoms with Crippen molar-refractivity contribution in [3.63, 3.8) is 0 Å². The Morgan fingerprint density at radius 1 is 0.676 bits per heavy atom. The van der Waals surface area contributed by atoms with Gasteiger partial charge in [-0.05, 0) is 60.2 Å². The summed E-state index contributed by atoms with van der Waals surface area (Å²) in [7, 11) is 1.62. The SMILES string of the molecule is COc1cc(-c2ccnc3c2ccc2c(C)cc(C)c(O)c23)c(O)c2c1ccc1cccnc12. The van der Waals surface area contributed by atoms with Gasteiger partial charge in [-0.1, -0.05) is 30.3 Å². The van der Waals surface area contributed by atoms with Crippen molar-refractivity contribution in [3.8, 4) is 28.4 Å². The molecule has 5 heteroatoms. The number of aromatic hydroxyl groups is 2. The summed E-state index contributed by atoms with van der Waals surface area (Å²) in [6, 6.07) is 17.5. The van der Waals surface area contributed by atoms with E-state index in [-0.39, 0.29) is 11.5 Å². The van der Waals surface area contributed by atoms with Crippen molar-refractivity contribution in [3.05, 3.63) is 78.1 Å². The molecule has 0 aliphatic carbocycles. The zero-order chi connectivity index (χ0) is 23.6. The second kappa shape index (κ2) is 7.32. The quantitative estimate of drug-likeness (QED) is 0.286. The number of aryl methyl sites for hydroxylation is 2. The molecule has 0 spiro atoms. The Balaban J connectivity index is 1.77. The molecule has 0 aliphatic heterocycles. The topological polar surface area (TPSA) is 75.5 Å². The highest BCUT2D eigenvalue weighted by atomic mass is 16.5. The summed E-state index contributed by atoms with van der Waals surface area (Å²) in [4.78, 5) is 9.19. The number of pyridine rings is 2. The summed E-state index contributed by atoms with van der Waals surface area (Å²) in [5.74, 6) is 1.01. The highest BCUT2D eigenvalue weighted by Crippen LogP contribution is 2.46. The van der Waals surface area contributed by atoms with Gasteiger partial charge in [-0.15, -0.1) is 0 Å². The van der Waals surface area contributed by atoms with Gasteiger partial charge in [0.25, 0.3) is 0 Å². The first-order chi connectivity index (χ1) is 16.5. The maximum Gasteiger partial charge on any atom is 0.133 e. The summed E-state index contributed by atoms with van der Waals surface area (Å²) in [5.41, 5.74) is 4.71. The Kier molecular flexibility index (Phi) is 4.36. The van der Waals surface area contributed by atoms with Crippen LogP contribution >= 0.6 is 0 Å². The third kappa shape index (κ3) is 2.73. The number of methoxy groups -OCH3 is 1. The molecule has 0 saturated carbocycles. The van der Waals surface area contributed by atoms with Crippen LogP contribution in [0.5, 0.6) is 17.2 Å². The van der Waals surface area contributed by atoms with E-state index < -0.39 is 0 Å². The normalized spacial score (nSPS) is 11.6. The van der Waals surface area contributed by atoms with Gasteiger partial charge >= 0.3 is 0 Å². The lowest BCUT2D eigenvalue weighted by Crippen LogP contribution is -1.93. The Morgan fingerprint density at radius 2 is 1.41 bits per heavy atom. The zero-order valence-corrected chi connectivity index (χ0v) is 19.0. The first-order valence-corrected chi connectivity index (χ1v) is 11.1. The summed E-state index contributed by atoms with van der Waals surface area (Å²) < 4.78 is 5.73. The number of fused-ring (bicyclic) bond motifs is 6. The first kappa shape index (κ1) is 20.2. The van der Waals surface area contributed by atoms with Crippen LogP contribution in [0, 0.1) is 13.8 Å². The molecule has 0 fully saturated rings. The lowest BCUT2D eigenvalue weighted by atomic mass is 9.92. The highest BCUT2D eigenvalue weighted by molar-refractivity contribution is 6.17. The summed E-state index contributed by atoms with van der Waals surface area (Å²) in [6.07, 6.45) is 3.44. The third-order valence-electron chi connectivity index (χ3n) is 6.70. The van der Waals surface area contributed by atoms with E-state index in [0.29, 0.717) is 27.7 Å². The van der Waals surface area contributed by atoms with Crippen LogP contribution in [0.2, 0.25) is 0 Å². The van der Waals surface area contributed by atoms with Gasteiger partial charge in [0.2, 0.25) is 0 Å². The molecule has 0 amide bonds. The van der Waals surface area contributed by atoms with Gasteiger partial charge in [0.1, 0.15) is 17.2 Å². The molecule has 34 heavy (non-hydrogen) atoms. The molecular weight excluding hydrogens is 424 g/mol. The minimum atomic E-state index is 0.136. The number of phenols is 2. The maximum atomic E-state index is 11.6. The van der Waals surface area contributed by atoms with Crippen molar-refractivity contribution in [2.75, 3.05) is 7.11 Å². The molecule has 166 valence electrons. The van der Waals surface area contributed by atoms with Crippen LogP contribution < -0.4 is 4.74 Å². The lowest BCUT2D eigenvalue weighted by molar-refractivity contribution is 0.418. The van der Waals surface area contributed by atoms with Crippen LogP contribution in [-0.2, 0) is 0 Å². The van der Waals surface area contributed by atoms with Gasteiger partial charge in [0.05, 0.1) is 28.9 Å². The van der Waals surface area contributed by atoms with E-state index in [4.69, 9.17) is 4.74 Å². The summed E-state index contributed by atoms with van der Waals surface area (Å²) in [5, 5.41) is 27.4. The minimum absolute atomic E-state index is 0.136. The van der Waals surface area contributed by atoms with Gasteiger partial charge < -0.3 is 14.9 Å². The lowest BCUT2D eigenvalue weighted by Gasteiger charge is -2.16. The molecule has 6 aromatic rings. The summed E-state index contributed by atoms with van der Waals surface area (Å²) >= 11 is 0. The van der Waals surface area contributed by atoms with E-state index in [2.05, 4.69) is 9.97 Å². The molecule has 5 nitrogen and oxygen atoms in total. The standard InChI is InChI=1S/C29H22N2O3/c1-15-13-16(2)28(32)24-18(15)8-9-20-19(10-12-31-27(20)24)22-14-23(34-3)21-7-6-17-5-4-11-30-26(17)25(21)29(22)33/h4-14,32-33H,1-3H3. The fourth-order valence-corrected chi connectivity index (χ4v) is 5.07. The molecule has 0 unspecified atom stereocenters. The fraction of sp³-hybridized carbons (Fsp3) is 0.103. The minimum Gasteiger partial charge on any atom is -0.507 e. The molecule has 6 rings (SSSR count). The number of hydrogen-bond acceptors (Lipinski definition) is 5. The molecule has 2 aromatic heterocycles. The number of nitrogens with zero attached hydrogens (tertiary/aromatic N) is 2. The molecule has 0 radical (unpaired) electrons. The number of phenolic OH excluding ortho intramolecular Hbond substituents is 2. The first-order valence-electron chi connectivity index (χ1n) is 11.1. The van der Waals surface area contributed by atoms with Crippen LogP contribution in [-0.4, -0.2) is 27.3 Å². The van der Waals surface area contributed by atoms with Gasteiger partial charge in [-0.25, -0.2) is 0 Å². The number of aromatic nitrogens is 2. The smallest absolute Gasteiger partial charge is 0.133 e. The van der Waals surface area contributed by atoms with Gasteiger partial charge in [-0.3, -0.25) is 9.97 Å². The Morgan fingerprint density at radius 3 is 2.24 bits per heavy atom. The van der Waals surface area contributed by atoms with E-state index in [0.717, 1.165) is 43.6 Å². The predicted octanol–water partition coefficient (Wildman–Crippen LogP) is 6.79. The fourth-order valence-electron chi connectivity index (χ4n) is 5.07. The maximum absolute atomic E-state index is 11.6. The third-order valence-corrected chi connectivity index (χ3v) is 6.70. The molecule has 2 heterocycles. The van der Waals surface area contributed by atoms with Crippen molar-refractivity contribution < 1.29 is 14.9 Å². The summed E-state index contributed by atoms with van der Waals surface area (Å²) in [6.45, 7) is 3.92. The Bertz CT molecular complexity index is 1790. The van der Waals surface area contributed by atoms with Crippen LogP contribution in [0.15, 0.2) is 67.0 Å². The zero-order valence-electron chi connectivity index (χ0n) is 19.0. The molecular formula is C29H22N2O3. The molecule has 4 aromatic carbocycles. The molecule has 0 aliphatic rings. The molecule has 0 bridgehead atoms. The number of rotatable bonds is 2. The van der Waals surface area contributed by atoms with E-state index in [1.807, 2.05) is 68.4 Å². The van der Waals surface area contributed by atoms with Crippen LogP contribution in [0.3, 0.4) is 0 Å². The van der Waals surface area contributed by atoms with Gasteiger partial charge in [0.15, 0.2) is 0 Å². The van der Waals surface area contributed by atoms with Crippen LogP contribution in [0.4, 0.5) is 0 Å². The second-order valence-corrected chi connectivity index (χ2v) is 8.64. The Hall–Kier alpha value is -4.38. The second-order valence-electron chi connectivity index (χ2n) is 8.64. The van der Waals surface area contributed by atoms with Gasteiger partial charge in [0, 0.05) is 34.1 Å². The van der Waals surface area contributed by atoms with Crippen molar-refractivity contribution >= 4 is 43.4 Å². The largest absolute Gasteiger partial charge is 0.507 e. The number of ether oxygens (including phenoxy) is 1. The van der Waals surface area contributed by atoms with Gasteiger partial charge in [-0.2, -0.15) is 0 Å². The van der Waals surface area contributed by atoms with Crippen LogP contribution in [0.25, 0.3) is 54.5 Å². The highest BCUT2D eigenvalue weighted by Gasteiger charge is 2.20. The average Bonchev–Trinajstić information content (AvgIpc) is 2.86. The predicted molar refractivity (Wildman–Crippen MR) is 137 cm³/mol. The van der Waals surface area contributed by atoms with Crippen molar-refractivity contribution in [1.29, 1.82) is 0 Å².